The molecule has 0 aliphatic heterocycles. The second-order valence-corrected chi connectivity index (χ2v) is 5.63. The lowest BCUT2D eigenvalue weighted by Gasteiger charge is -2.10. The summed E-state index contributed by atoms with van der Waals surface area (Å²) >= 11 is 0. The van der Waals surface area contributed by atoms with E-state index in [1.54, 1.807) is 0 Å². The first kappa shape index (κ1) is 19.6. The van der Waals surface area contributed by atoms with Gasteiger partial charge in [-0.25, -0.2) is 4.99 Å². The van der Waals surface area contributed by atoms with Crippen LogP contribution in [0.3, 0.4) is 0 Å². The Kier molecular flexibility index (Phi) is 6.48. The zero-order valence-corrected chi connectivity index (χ0v) is 14.5. The maximum absolute atomic E-state index is 12.1. The Hall–Kier alpha value is -2.71. The van der Waals surface area contributed by atoms with Crippen molar-refractivity contribution in [2.24, 2.45) is 10.7 Å². The summed E-state index contributed by atoms with van der Waals surface area (Å²) in [5, 5.41) is 6.83. The van der Waals surface area contributed by atoms with Crippen LogP contribution in [0.15, 0.2) is 39.8 Å². The second kappa shape index (κ2) is 8.59. The Balaban J connectivity index is 1.92. The Morgan fingerprint density at radius 1 is 1.27 bits per heavy atom. The molecule has 0 saturated carbocycles. The van der Waals surface area contributed by atoms with E-state index in [0.717, 1.165) is 18.5 Å². The summed E-state index contributed by atoms with van der Waals surface area (Å²) < 4.78 is 45.4. The Bertz CT molecular complexity index is 722. The van der Waals surface area contributed by atoms with Gasteiger partial charge in [-0.3, -0.25) is 0 Å². The van der Waals surface area contributed by atoms with Gasteiger partial charge in [-0.2, -0.15) is 0 Å². The van der Waals surface area contributed by atoms with Crippen LogP contribution in [0.25, 0.3) is 0 Å². The molecule has 142 valence electrons. The first-order valence-corrected chi connectivity index (χ1v) is 8.19. The highest BCUT2D eigenvalue weighted by molar-refractivity contribution is 5.92. The van der Waals surface area contributed by atoms with Crippen molar-refractivity contribution >= 4 is 11.6 Å². The quantitative estimate of drug-likeness (QED) is 0.557. The number of rotatable bonds is 7. The zero-order valence-electron chi connectivity index (χ0n) is 14.5. The molecule has 0 aliphatic rings. The largest absolute Gasteiger partial charge is 0.573 e. The molecule has 0 spiro atoms. The van der Waals surface area contributed by atoms with Crippen molar-refractivity contribution in [3.05, 3.63) is 41.8 Å². The van der Waals surface area contributed by atoms with E-state index in [2.05, 4.69) is 34.1 Å². The second-order valence-electron chi connectivity index (χ2n) is 5.63. The van der Waals surface area contributed by atoms with E-state index < -0.39 is 6.36 Å². The van der Waals surface area contributed by atoms with Gasteiger partial charge in [0.15, 0.2) is 11.7 Å². The smallest absolute Gasteiger partial charge is 0.406 e. The molecular formula is C17H21F3N4O2. The standard InChI is InChI=1S/C17H21F3N4O2/c1-3-11(4-2)15-9-14(26-24-15)10-22-16(21)23-12-5-7-13(8-6-12)25-17(18,19)20/h5-9,11H,3-4,10H2,1-2H3,(H3,21,22,23). The van der Waals surface area contributed by atoms with Gasteiger partial charge in [-0.15, -0.1) is 13.2 Å². The van der Waals surface area contributed by atoms with Gasteiger partial charge in [0.25, 0.3) is 0 Å². The van der Waals surface area contributed by atoms with Crippen LogP contribution in [0.2, 0.25) is 0 Å². The number of anilines is 1. The lowest BCUT2D eigenvalue weighted by Crippen LogP contribution is -2.22. The molecule has 0 atom stereocenters. The number of nitrogens with one attached hydrogen (secondary N) is 1. The third kappa shape index (κ3) is 5.98. The number of hydrogen-bond donors (Lipinski definition) is 2. The van der Waals surface area contributed by atoms with Crippen LogP contribution in [-0.2, 0) is 6.54 Å². The maximum Gasteiger partial charge on any atom is 0.573 e. The first-order valence-electron chi connectivity index (χ1n) is 8.19. The van der Waals surface area contributed by atoms with Crippen molar-refractivity contribution in [1.29, 1.82) is 0 Å². The summed E-state index contributed by atoms with van der Waals surface area (Å²) in [7, 11) is 0. The van der Waals surface area contributed by atoms with Crippen molar-refractivity contribution in [1.82, 2.24) is 5.16 Å². The lowest BCUT2D eigenvalue weighted by atomic mass is 9.99. The number of halogens is 3. The molecule has 1 aromatic heterocycles. The lowest BCUT2D eigenvalue weighted by molar-refractivity contribution is -0.274. The van der Waals surface area contributed by atoms with Gasteiger partial charge in [0.05, 0.1) is 5.69 Å². The maximum atomic E-state index is 12.1. The molecule has 0 bridgehead atoms. The fraction of sp³-hybridized carbons (Fsp3) is 0.412. The number of aliphatic imine (C=N–C) groups is 1. The molecule has 0 radical (unpaired) electrons. The highest BCUT2D eigenvalue weighted by atomic mass is 19.4. The van der Waals surface area contributed by atoms with Gasteiger partial charge in [-0.1, -0.05) is 19.0 Å². The molecule has 0 fully saturated rings. The number of hydrogen-bond acceptors (Lipinski definition) is 4. The minimum absolute atomic E-state index is 0.106. The fourth-order valence-corrected chi connectivity index (χ4v) is 2.39. The third-order valence-corrected chi connectivity index (χ3v) is 3.75. The van der Waals surface area contributed by atoms with Gasteiger partial charge in [0.2, 0.25) is 0 Å². The van der Waals surface area contributed by atoms with Gasteiger partial charge in [-0.05, 0) is 37.1 Å². The molecule has 26 heavy (non-hydrogen) atoms. The Morgan fingerprint density at radius 3 is 2.50 bits per heavy atom. The normalized spacial score (nSPS) is 12.5. The van der Waals surface area contributed by atoms with E-state index in [0.29, 0.717) is 17.4 Å². The molecule has 2 rings (SSSR count). The van der Waals surface area contributed by atoms with Crippen LogP contribution in [0, 0.1) is 0 Å². The fourth-order valence-electron chi connectivity index (χ4n) is 2.39. The van der Waals surface area contributed by atoms with Crippen LogP contribution in [0.1, 0.15) is 44.1 Å². The minimum Gasteiger partial charge on any atom is -0.406 e. The highest BCUT2D eigenvalue weighted by Gasteiger charge is 2.30. The molecule has 0 saturated heterocycles. The number of nitrogens with two attached hydrogens (primary N) is 1. The number of aromatic nitrogens is 1. The van der Waals surface area contributed by atoms with Crippen molar-refractivity contribution in [3.8, 4) is 5.75 Å². The SMILES string of the molecule is CCC(CC)c1cc(CN=C(N)Nc2ccc(OC(F)(F)F)cc2)on1. The molecule has 6 nitrogen and oxygen atoms in total. The molecule has 3 N–H and O–H groups in total. The van der Waals surface area contributed by atoms with Crippen LogP contribution in [-0.4, -0.2) is 17.5 Å². The zero-order chi connectivity index (χ0) is 19.2. The number of ether oxygens (including phenoxy) is 1. The molecule has 0 amide bonds. The summed E-state index contributed by atoms with van der Waals surface area (Å²) in [4.78, 5) is 4.13. The first-order chi connectivity index (χ1) is 12.3. The monoisotopic (exact) mass is 370 g/mol. The van der Waals surface area contributed by atoms with Gasteiger partial charge in [0, 0.05) is 17.7 Å². The van der Waals surface area contributed by atoms with E-state index in [-0.39, 0.29) is 18.3 Å². The van der Waals surface area contributed by atoms with Crippen LogP contribution >= 0.6 is 0 Å². The van der Waals surface area contributed by atoms with Gasteiger partial charge in [0.1, 0.15) is 12.3 Å². The van der Waals surface area contributed by atoms with E-state index in [4.69, 9.17) is 10.3 Å². The molecule has 1 aromatic carbocycles. The van der Waals surface area contributed by atoms with Crippen LogP contribution < -0.4 is 15.8 Å². The van der Waals surface area contributed by atoms with E-state index in [1.807, 2.05) is 6.07 Å². The Labute approximate surface area is 149 Å². The molecule has 0 unspecified atom stereocenters. The summed E-state index contributed by atoms with van der Waals surface area (Å²) in [5.74, 6) is 0.735. The summed E-state index contributed by atoms with van der Waals surface area (Å²) in [6, 6.07) is 7.03. The van der Waals surface area contributed by atoms with E-state index in [1.165, 1.54) is 24.3 Å². The third-order valence-electron chi connectivity index (χ3n) is 3.75. The van der Waals surface area contributed by atoms with Crippen molar-refractivity contribution < 1.29 is 22.4 Å². The average molecular weight is 370 g/mol. The number of guanidine groups is 1. The Morgan fingerprint density at radius 2 is 1.92 bits per heavy atom. The molecule has 2 aromatic rings. The van der Waals surface area contributed by atoms with E-state index in [9.17, 15) is 13.2 Å². The van der Waals surface area contributed by atoms with Crippen molar-refractivity contribution in [2.75, 3.05) is 5.32 Å². The molecule has 1 heterocycles. The molecule has 0 aliphatic carbocycles. The summed E-state index contributed by atoms with van der Waals surface area (Å²) in [5.41, 5.74) is 7.16. The molecular weight excluding hydrogens is 349 g/mol. The average Bonchev–Trinajstić information content (AvgIpc) is 3.03. The predicted octanol–water partition coefficient (Wildman–Crippen LogP) is 4.40. The van der Waals surface area contributed by atoms with Crippen molar-refractivity contribution in [2.45, 2.75) is 45.5 Å². The minimum atomic E-state index is -4.72. The summed E-state index contributed by atoms with van der Waals surface area (Å²) in [6.07, 6.45) is -2.77. The topological polar surface area (TPSA) is 85.7 Å². The molecule has 9 heteroatoms. The number of alkyl halides is 3. The van der Waals surface area contributed by atoms with Gasteiger partial charge < -0.3 is 20.3 Å². The summed E-state index contributed by atoms with van der Waals surface area (Å²) in [6.45, 7) is 4.39. The number of benzene rings is 1. The highest BCUT2D eigenvalue weighted by Crippen LogP contribution is 2.24. The van der Waals surface area contributed by atoms with Gasteiger partial charge >= 0.3 is 6.36 Å². The number of nitrogens with zero attached hydrogens (tertiary/aromatic N) is 2. The van der Waals surface area contributed by atoms with E-state index >= 15 is 0 Å². The van der Waals surface area contributed by atoms with Crippen LogP contribution in [0.5, 0.6) is 5.75 Å². The predicted molar refractivity (Wildman–Crippen MR) is 91.9 cm³/mol. The van der Waals surface area contributed by atoms with Crippen LogP contribution in [0.4, 0.5) is 18.9 Å². The van der Waals surface area contributed by atoms with Crippen molar-refractivity contribution in [3.63, 3.8) is 0 Å².